The van der Waals surface area contributed by atoms with Crippen LogP contribution in [0.3, 0.4) is 0 Å². The molecule has 1 aromatic heterocycles. The molecule has 3 rings (SSSR count). The van der Waals surface area contributed by atoms with Crippen molar-refractivity contribution in [3.8, 4) is 0 Å². The highest BCUT2D eigenvalue weighted by Crippen LogP contribution is 2.22. The quantitative estimate of drug-likeness (QED) is 0.723. The number of nitrogens with one attached hydrogen (secondary N) is 1. The van der Waals surface area contributed by atoms with Crippen molar-refractivity contribution in [1.29, 1.82) is 0 Å². The SMILES string of the molecule is CCCCNC(=O)C1CCC(C)N(CCCn2c(=O)oc3ccccc32)C1. The molecule has 148 valence electrons. The molecular weight excluding hydrogens is 342 g/mol. The lowest BCUT2D eigenvalue weighted by molar-refractivity contribution is -0.127. The molecule has 0 saturated carbocycles. The molecule has 1 saturated heterocycles. The highest BCUT2D eigenvalue weighted by atomic mass is 16.4. The smallest absolute Gasteiger partial charge is 0.408 e. The van der Waals surface area contributed by atoms with Gasteiger partial charge in [0.05, 0.1) is 11.4 Å². The number of piperidine rings is 1. The zero-order valence-corrected chi connectivity index (χ0v) is 16.4. The van der Waals surface area contributed by atoms with E-state index < -0.39 is 0 Å². The molecule has 2 atom stereocenters. The number of nitrogens with zero attached hydrogens (tertiary/aromatic N) is 2. The number of amides is 1. The third-order valence-electron chi connectivity index (χ3n) is 5.61. The number of hydrogen-bond donors (Lipinski definition) is 1. The zero-order chi connectivity index (χ0) is 19.2. The number of hydrogen-bond acceptors (Lipinski definition) is 4. The topological polar surface area (TPSA) is 67.5 Å². The molecule has 0 aliphatic carbocycles. The van der Waals surface area contributed by atoms with Crippen molar-refractivity contribution in [3.05, 3.63) is 34.8 Å². The van der Waals surface area contributed by atoms with Crippen LogP contribution in [0.1, 0.15) is 46.0 Å². The molecule has 1 aliphatic heterocycles. The van der Waals surface area contributed by atoms with Crippen molar-refractivity contribution >= 4 is 17.0 Å². The Bertz CT molecular complexity index is 810. The maximum atomic E-state index is 12.4. The molecule has 1 N–H and O–H groups in total. The first-order valence-corrected chi connectivity index (χ1v) is 10.2. The predicted molar refractivity (Wildman–Crippen MR) is 107 cm³/mol. The van der Waals surface area contributed by atoms with Crippen LogP contribution < -0.4 is 11.1 Å². The van der Waals surface area contributed by atoms with Gasteiger partial charge < -0.3 is 9.73 Å². The Hall–Kier alpha value is -2.08. The fourth-order valence-corrected chi connectivity index (χ4v) is 3.90. The first-order chi connectivity index (χ1) is 13.1. The number of aromatic nitrogens is 1. The highest BCUT2D eigenvalue weighted by Gasteiger charge is 2.29. The lowest BCUT2D eigenvalue weighted by Gasteiger charge is -2.37. The van der Waals surface area contributed by atoms with Crippen LogP contribution in [0.4, 0.5) is 0 Å². The number of aryl methyl sites for hydroxylation is 1. The number of unbranched alkanes of at least 4 members (excludes halogenated alkanes) is 1. The van der Waals surface area contributed by atoms with Gasteiger partial charge in [-0.25, -0.2) is 4.79 Å². The fraction of sp³-hybridized carbons (Fsp3) is 0.619. The third kappa shape index (κ3) is 4.80. The first kappa shape index (κ1) is 19.7. The largest absolute Gasteiger partial charge is 0.419 e. The zero-order valence-electron chi connectivity index (χ0n) is 16.4. The summed E-state index contributed by atoms with van der Waals surface area (Å²) in [5, 5.41) is 3.07. The second-order valence-electron chi connectivity index (χ2n) is 7.60. The van der Waals surface area contributed by atoms with E-state index in [-0.39, 0.29) is 17.6 Å². The number of para-hydroxylation sites is 2. The number of likely N-dealkylation sites (tertiary alicyclic amines) is 1. The van der Waals surface area contributed by atoms with E-state index in [1.54, 1.807) is 4.57 Å². The van der Waals surface area contributed by atoms with Crippen molar-refractivity contribution in [2.24, 2.45) is 5.92 Å². The molecule has 27 heavy (non-hydrogen) atoms. The molecular formula is C21H31N3O3. The lowest BCUT2D eigenvalue weighted by Crippen LogP contribution is -2.47. The van der Waals surface area contributed by atoms with Crippen molar-refractivity contribution in [2.75, 3.05) is 19.6 Å². The molecule has 2 heterocycles. The molecule has 0 spiro atoms. The van der Waals surface area contributed by atoms with Crippen LogP contribution in [0.5, 0.6) is 0 Å². The minimum absolute atomic E-state index is 0.0792. The van der Waals surface area contributed by atoms with Gasteiger partial charge in [-0.1, -0.05) is 25.5 Å². The molecule has 1 amide bonds. The fourth-order valence-electron chi connectivity index (χ4n) is 3.90. The van der Waals surface area contributed by atoms with E-state index in [2.05, 4.69) is 24.1 Å². The third-order valence-corrected chi connectivity index (χ3v) is 5.61. The Kier molecular flexibility index (Phi) is 6.72. The number of benzene rings is 1. The number of rotatable bonds is 8. The van der Waals surface area contributed by atoms with Gasteiger partial charge in [-0.3, -0.25) is 14.3 Å². The Morgan fingerprint density at radius 3 is 2.85 bits per heavy atom. The molecule has 6 heteroatoms. The summed E-state index contributed by atoms with van der Waals surface area (Å²) >= 11 is 0. The van der Waals surface area contributed by atoms with Gasteiger partial charge in [0.2, 0.25) is 5.91 Å². The van der Waals surface area contributed by atoms with E-state index >= 15 is 0 Å². The molecule has 6 nitrogen and oxygen atoms in total. The van der Waals surface area contributed by atoms with E-state index in [4.69, 9.17) is 4.42 Å². The van der Waals surface area contributed by atoms with E-state index in [9.17, 15) is 9.59 Å². The van der Waals surface area contributed by atoms with Crippen LogP contribution in [0.15, 0.2) is 33.5 Å². The maximum Gasteiger partial charge on any atom is 0.419 e. The van der Waals surface area contributed by atoms with Gasteiger partial charge in [0.1, 0.15) is 0 Å². The van der Waals surface area contributed by atoms with Crippen LogP contribution in [-0.2, 0) is 11.3 Å². The summed E-state index contributed by atoms with van der Waals surface area (Å²) in [7, 11) is 0. The van der Waals surface area contributed by atoms with Crippen molar-refractivity contribution in [1.82, 2.24) is 14.8 Å². The Morgan fingerprint density at radius 2 is 2.04 bits per heavy atom. The normalized spacial score (nSPS) is 20.8. The van der Waals surface area contributed by atoms with Crippen molar-refractivity contribution in [2.45, 2.75) is 58.5 Å². The summed E-state index contributed by atoms with van der Waals surface area (Å²) < 4.78 is 7.01. The Morgan fingerprint density at radius 1 is 1.22 bits per heavy atom. The summed E-state index contributed by atoms with van der Waals surface area (Å²) in [4.78, 5) is 26.9. The summed E-state index contributed by atoms with van der Waals surface area (Å²) in [6.07, 6.45) is 4.99. The summed E-state index contributed by atoms with van der Waals surface area (Å²) in [5.74, 6) is -0.0241. The van der Waals surface area contributed by atoms with Crippen LogP contribution in [0.2, 0.25) is 0 Å². The minimum atomic E-state index is -0.295. The maximum absolute atomic E-state index is 12.4. The average Bonchev–Trinajstić information content (AvgIpc) is 2.99. The molecule has 2 unspecified atom stereocenters. The highest BCUT2D eigenvalue weighted by molar-refractivity contribution is 5.79. The van der Waals surface area contributed by atoms with Crippen LogP contribution in [0, 0.1) is 5.92 Å². The number of fused-ring (bicyclic) bond motifs is 1. The second-order valence-corrected chi connectivity index (χ2v) is 7.60. The predicted octanol–water partition coefficient (Wildman–Crippen LogP) is 3.00. The standard InChI is InChI=1S/C21H31N3O3/c1-3-4-12-22-20(25)17-11-10-16(2)23(15-17)13-7-14-24-18-8-5-6-9-19(18)27-21(24)26/h5-6,8-9,16-17H,3-4,7,10-15H2,1-2H3,(H,22,25). The summed E-state index contributed by atoms with van der Waals surface area (Å²) in [5.41, 5.74) is 1.49. The van der Waals surface area contributed by atoms with E-state index in [0.717, 1.165) is 57.3 Å². The Labute approximate surface area is 160 Å². The lowest BCUT2D eigenvalue weighted by atomic mass is 9.92. The monoisotopic (exact) mass is 373 g/mol. The van der Waals surface area contributed by atoms with Crippen molar-refractivity contribution < 1.29 is 9.21 Å². The number of carbonyl (C=O) groups is 1. The van der Waals surface area contributed by atoms with Gasteiger partial charge >= 0.3 is 5.76 Å². The van der Waals surface area contributed by atoms with E-state index in [1.807, 2.05) is 24.3 Å². The molecule has 0 bridgehead atoms. The van der Waals surface area contributed by atoms with Gasteiger partial charge in [-0.05, 0) is 44.7 Å². The Balaban J connectivity index is 1.54. The van der Waals surface area contributed by atoms with Gasteiger partial charge in [0.25, 0.3) is 0 Å². The van der Waals surface area contributed by atoms with Crippen LogP contribution >= 0.6 is 0 Å². The molecule has 0 radical (unpaired) electrons. The van der Waals surface area contributed by atoms with Crippen LogP contribution in [-0.4, -0.2) is 41.1 Å². The molecule has 1 fully saturated rings. The van der Waals surface area contributed by atoms with E-state index in [1.165, 1.54) is 0 Å². The van der Waals surface area contributed by atoms with Gasteiger partial charge in [-0.2, -0.15) is 0 Å². The molecule has 2 aromatic rings. The summed E-state index contributed by atoms with van der Waals surface area (Å²) in [6, 6.07) is 8.00. The molecule has 1 aromatic carbocycles. The van der Waals surface area contributed by atoms with Gasteiger partial charge in [0.15, 0.2) is 5.58 Å². The minimum Gasteiger partial charge on any atom is -0.408 e. The molecule has 1 aliphatic rings. The summed E-state index contributed by atoms with van der Waals surface area (Å²) in [6.45, 7) is 7.45. The van der Waals surface area contributed by atoms with E-state index in [0.29, 0.717) is 18.2 Å². The number of carbonyl (C=O) groups excluding carboxylic acids is 1. The second kappa shape index (κ2) is 9.22. The van der Waals surface area contributed by atoms with Gasteiger partial charge in [-0.15, -0.1) is 0 Å². The van der Waals surface area contributed by atoms with Crippen LogP contribution in [0.25, 0.3) is 11.1 Å². The first-order valence-electron chi connectivity index (χ1n) is 10.2. The number of oxazole rings is 1. The average molecular weight is 373 g/mol. The van der Waals surface area contributed by atoms with Crippen molar-refractivity contribution in [3.63, 3.8) is 0 Å². The van der Waals surface area contributed by atoms with Gasteiger partial charge in [0, 0.05) is 32.2 Å².